The maximum atomic E-state index is 13.4. The normalized spacial score (nSPS) is 10.8. The van der Waals surface area contributed by atoms with Crippen LogP contribution in [-0.4, -0.2) is 26.7 Å². The van der Waals surface area contributed by atoms with Gasteiger partial charge in [-0.15, -0.1) is 0 Å². The van der Waals surface area contributed by atoms with Gasteiger partial charge in [0.05, 0.1) is 19.6 Å². The molecule has 4 rings (SSSR count). The molecule has 7 heteroatoms. The molecule has 0 unspecified atom stereocenters. The molecule has 0 bridgehead atoms. The van der Waals surface area contributed by atoms with Crippen molar-refractivity contribution in [1.29, 1.82) is 0 Å². The van der Waals surface area contributed by atoms with Crippen molar-refractivity contribution >= 4 is 22.6 Å². The summed E-state index contributed by atoms with van der Waals surface area (Å²) < 4.78 is 22.7. The number of nitrogens with one attached hydrogen (secondary N) is 1. The zero-order valence-electron chi connectivity index (χ0n) is 20.4. The first-order valence-corrected chi connectivity index (χ1v) is 11.1. The number of fused-ring (bicyclic) bond motifs is 1. The standard InChI is InChI=1S/C28H27NO6/c1-16-6-8-21-23(13-16)35-27(19-7-9-22(32-4)24(14-19)33-5)28(26(21)31)34-15-25(30)29-20-11-17(2)10-18(3)12-20/h6-14H,15H2,1-5H3,(H,29,30). The van der Waals surface area contributed by atoms with Crippen LogP contribution in [0.5, 0.6) is 17.2 Å². The van der Waals surface area contributed by atoms with Crippen LogP contribution in [0.1, 0.15) is 16.7 Å². The van der Waals surface area contributed by atoms with Crippen LogP contribution in [0.25, 0.3) is 22.3 Å². The summed E-state index contributed by atoms with van der Waals surface area (Å²) in [4.78, 5) is 26.1. The van der Waals surface area contributed by atoms with Crippen LogP contribution in [0, 0.1) is 20.8 Å². The Morgan fingerprint density at radius 3 is 2.26 bits per heavy atom. The molecule has 0 aliphatic rings. The minimum absolute atomic E-state index is 0.0517. The number of aryl methyl sites for hydroxylation is 3. The Morgan fingerprint density at radius 1 is 0.857 bits per heavy atom. The number of hydrogen-bond donors (Lipinski definition) is 1. The number of carbonyl (C=O) groups excluding carboxylic acids is 1. The summed E-state index contributed by atoms with van der Waals surface area (Å²) >= 11 is 0. The van der Waals surface area contributed by atoms with E-state index in [1.165, 1.54) is 7.11 Å². The topological polar surface area (TPSA) is 87.0 Å². The van der Waals surface area contributed by atoms with Gasteiger partial charge < -0.3 is 23.9 Å². The Morgan fingerprint density at radius 2 is 1.57 bits per heavy atom. The third-order valence-corrected chi connectivity index (χ3v) is 5.50. The van der Waals surface area contributed by atoms with Gasteiger partial charge in [0.1, 0.15) is 5.58 Å². The Kier molecular flexibility index (Phi) is 6.78. The van der Waals surface area contributed by atoms with Crippen LogP contribution in [0.3, 0.4) is 0 Å². The lowest BCUT2D eigenvalue weighted by Gasteiger charge is -2.14. The molecule has 7 nitrogen and oxygen atoms in total. The first kappa shape index (κ1) is 23.9. The molecule has 4 aromatic rings. The Hall–Kier alpha value is -4.26. The largest absolute Gasteiger partial charge is 0.493 e. The number of anilines is 1. The molecule has 0 aliphatic heterocycles. The van der Waals surface area contributed by atoms with Gasteiger partial charge in [-0.1, -0.05) is 12.1 Å². The summed E-state index contributed by atoms with van der Waals surface area (Å²) in [6.07, 6.45) is 0. The van der Waals surface area contributed by atoms with E-state index >= 15 is 0 Å². The van der Waals surface area contributed by atoms with Crippen LogP contribution in [0.4, 0.5) is 5.69 Å². The lowest BCUT2D eigenvalue weighted by atomic mass is 10.1. The minimum atomic E-state index is -0.392. The van der Waals surface area contributed by atoms with E-state index in [-0.39, 0.29) is 23.5 Å². The molecular formula is C28H27NO6. The fourth-order valence-corrected chi connectivity index (χ4v) is 3.96. The fourth-order valence-electron chi connectivity index (χ4n) is 3.96. The van der Waals surface area contributed by atoms with Crippen molar-refractivity contribution in [2.45, 2.75) is 20.8 Å². The summed E-state index contributed by atoms with van der Waals surface area (Å²) in [6.45, 7) is 5.46. The molecule has 35 heavy (non-hydrogen) atoms. The highest BCUT2D eigenvalue weighted by atomic mass is 16.5. The molecule has 180 valence electrons. The van der Waals surface area contributed by atoms with Crippen molar-refractivity contribution in [3.05, 3.63) is 81.5 Å². The van der Waals surface area contributed by atoms with Gasteiger partial charge >= 0.3 is 0 Å². The molecule has 1 amide bonds. The van der Waals surface area contributed by atoms with Crippen molar-refractivity contribution < 1.29 is 23.4 Å². The lowest BCUT2D eigenvalue weighted by Crippen LogP contribution is -2.22. The van der Waals surface area contributed by atoms with Crippen molar-refractivity contribution in [3.8, 4) is 28.6 Å². The van der Waals surface area contributed by atoms with Crippen LogP contribution >= 0.6 is 0 Å². The molecule has 1 aromatic heterocycles. The number of amides is 1. The van der Waals surface area contributed by atoms with Crippen molar-refractivity contribution in [2.24, 2.45) is 0 Å². The van der Waals surface area contributed by atoms with Crippen molar-refractivity contribution in [1.82, 2.24) is 0 Å². The van der Waals surface area contributed by atoms with E-state index in [1.54, 1.807) is 37.4 Å². The summed E-state index contributed by atoms with van der Waals surface area (Å²) in [6, 6.07) is 16.2. The maximum absolute atomic E-state index is 13.4. The van der Waals surface area contributed by atoms with Gasteiger partial charge in [-0.2, -0.15) is 0 Å². The van der Waals surface area contributed by atoms with Gasteiger partial charge in [0.2, 0.25) is 11.2 Å². The molecule has 0 spiro atoms. The quantitative estimate of drug-likeness (QED) is 0.386. The molecule has 1 heterocycles. The van der Waals surface area contributed by atoms with Gasteiger partial charge in [0.15, 0.2) is 23.9 Å². The SMILES string of the molecule is COc1ccc(-c2oc3cc(C)ccc3c(=O)c2OCC(=O)Nc2cc(C)cc(C)c2)cc1OC. The van der Waals surface area contributed by atoms with Crippen molar-refractivity contribution in [2.75, 3.05) is 26.1 Å². The van der Waals surface area contributed by atoms with E-state index in [1.807, 2.05) is 45.0 Å². The molecular weight excluding hydrogens is 446 g/mol. The third kappa shape index (κ3) is 5.14. The number of hydrogen-bond acceptors (Lipinski definition) is 6. The smallest absolute Gasteiger partial charge is 0.262 e. The lowest BCUT2D eigenvalue weighted by molar-refractivity contribution is -0.118. The summed E-state index contributed by atoms with van der Waals surface area (Å²) in [5, 5.41) is 3.18. The number of ether oxygens (including phenoxy) is 3. The van der Waals surface area contributed by atoms with Crippen LogP contribution in [0.2, 0.25) is 0 Å². The predicted octanol–water partition coefficient (Wildman–Crippen LogP) is 5.42. The predicted molar refractivity (Wildman–Crippen MR) is 136 cm³/mol. The van der Waals surface area contributed by atoms with Crippen LogP contribution in [-0.2, 0) is 4.79 Å². The highest BCUT2D eigenvalue weighted by molar-refractivity contribution is 5.92. The van der Waals surface area contributed by atoms with Gasteiger partial charge in [-0.3, -0.25) is 9.59 Å². The zero-order chi connectivity index (χ0) is 25.1. The number of carbonyl (C=O) groups is 1. The molecule has 0 atom stereocenters. The second-order valence-corrected chi connectivity index (χ2v) is 8.37. The molecule has 0 saturated carbocycles. The van der Waals surface area contributed by atoms with Gasteiger partial charge in [0.25, 0.3) is 5.91 Å². The van der Waals surface area contributed by atoms with Gasteiger partial charge in [-0.25, -0.2) is 0 Å². The fraction of sp³-hybridized carbons (Fsp3) is 0.214. The monoisotopic (exact) mass is 473 g/mol. The third-order valence-electron chi connectivity index (χ3n) is 5.50. The Labute approximate surface area is 203 Å². The molecule has 0 radical (unpaired) electrons. The average molecular weight is 474 g/mol. The average Bonchev–Trinajstić information content (AvgIpc) is 2.82. The van der Waals surface area contributed by atoms with Crippen LogP contribution < -0.4 is 25.0 Å². The Bertz CT molecular complexity index is 1450. The molecule has 0 aliphatic carbocycles. The van der Waals surface area contributed by atoms with E-state index in [2.05, 4.69) is 5.32 Å². The summed E-state index contributed by atoms with van der Waals surface area (Å²) in [5.74, 6) is 0.759. The first-order valence-electron chi connectivity index (χ1n) is 11.1. The summed E-state index contributed by atoms with van der Waals surface area (Å²) in [5.41, 5.74) is 4.28. The second kappa shape index (κ2) is 9.93. The highest BCUT2D eigenvalue weighted by Gasteiger charge is 2.20. The zero-order valence-corrected chi connectivity index (χ0v) is 20.4. The van der Waals surface area contributed by atoms with Crippen molar-refractivity contribution in [3.63, 3.8) is 0 Å². The van der Waals surface area contributed by atoms with E-state index in [0.717, 1.165) is 16.7 Å². The first-order chi connectivity index (χ1) is 16.8. The van der Waals surface area contributed by atoms with E-state index in [4.69, 9.17) is 18.6 Å². The second-order valence-electron chi connectivity index (χ2n) is 8.37. The van der Waals surface area contributed by atoms with Gasteiger partial charge in [0, 0.05) is 11.3 Å². The summed E-state index contributed by atoms with van der Waals surface area (Å²) in [7, 11) is 3.07. The molecule has 1 N–H and O–H groups in total. The minimum Gasteiger partial charge on any atom is -0.493 e. The molecule has 3 aromatic carbocycles. The number of benzene rings is 3. The van der Waals surface area contributed by atoms with E-state index in [9.17, 15) is 9.59 Å². The van der Waals surface area contributed by atoms with Gasteiger partial charge in [-0.05, 0) is 79.9 Å². The van der Waals surface area contributed by atoms with Crippen LogP contribution in [0.15, 0.2) is 63.8 Å². The Balaban J connectivity index is 1.73. The highest BCUT2D eigenvalue weighted by Crippen LogP contribution is 2.36. The van der Waals surface area contributed by atoms with E-state index < -0.39 is 5.91 Å². The van der Waals surface area contributed by atoms with E-state index in [0.29, 0.717) is 33.7 Å². The number of rotatable bonds is 7. The maximum Gasteiger partial charge on any atom is 0.262 e. The number of methoxy groups -OCH3 is 2. The molecule has 0 fully saturated rings. The molecule has 0 saturated heterocycles.